The Morgan fingerprint density at radius 2 is 1.79 bits per heavy atom. The number of rotatable bonds is 8. The fraction of sp³-hybridized carbons (Fsp3) is 0.208. The monoisotopic (exact) mass is 472 g/mol. The summed E-state index contributed by atoms with van der Waals surface area (Å²) in [5.41, 5.74) is -0.546. The number of ether oxygens (including phenoxy) is 1. The third-order valence-electron chi connectivity index (χ3n) is 4.81. The molecule has 0 aliphatic rings. The first-order chi connectivity index (χ1) is 16.3. The van der Waals surface area contributed by atoms with Gasteiger partial charge in [-0.15, -0.1) is 0 Å². The molecule has 10 heteroatoms. The summed E-state index contributed by atoms with van der Waals surface area (Å²) in [6.07, 6.45) is -1.62. The second kappa shape index (κ2) is 11.3. The van der Waals surface area contributed by atoms with Crippen LogP contribution in [0.15, 0.2) is 73.1 Å². The number of carbonyl (C=O) groups is 2. The van der Waals surface area contributed by atoms with Crippen molar-refractivity contribution >= 4 is 23.3 Å². The molecule has 3 rings (SSSR count). The molecule has 0 fully saturated rings. The Kier molecular flexibility index (Phi) is 8.20. The number of urea groups is 1. The lowest BCUT2D eigenvalue weighted by Crippen LogP contribution is -2.37. The number of alkyl halides is 3. The van der Waals surface area contributed by atoms with Crippen LogP contribution in [0.2, 0.25) is 0 Å². The number of carbonyl (C=O) groups excluding carboxylic acids is 2. The average Bonchev–Trinajstić information content (AvgIpc) is 2.83. The number of methoxy groups -OCH3 is 1. The van der Waals surface area contributed by atoms with Gasteiger partial charge in [-0.05, 0) is 42.0 Å². The van der Waals surface area contributed by atoms with Crippen LogP contribution in [0.1, 0.15) is 21.5 Å². The van der Waals surface area contributed by atoms with Gasteiger partial charge in [0.2, 0.25) is 0 Å². The van der Waals surface area contributed by atoms with Gasteiger partial charge in [-0.1, -0.05) is 24.3 Å². The van der Waals surface area contributed by atoms with Gasteiger partial charge in [-0.2, -0.15) is 13.2 Å². The van der Waals surface area contributed by atoms with E-state index in [4.69, 9.17) is 4.74 Å². The second-order valence-corrected chi connectivity index (χ2v) is 7.28. The summed E-state index contributed by atoms with van der Waals surface area (Å²) in [4.78, 5) is 30.5. The van der Waals surface area contributed by atoms with Crippen LogP contribution >= 0.6 is 0 Å². The van der Waals surface area contributed by atoms with Gasteiger partial charge in [0.15, 0.2) is 0 Å². The molecular weight excluding hydrogens is 449 g/mol. The van der Waals surface area contributed by atoms with Gasteiger partial charge >= 0.3 is 12.2 Å². The zero-order chi connectivity index (χ0) is 24.6. The highest BCUT2D eigenvalue weighted by Gasteiger charge is 2.35. The van der Waals surface area contributed by atoms with Gasteiger partial charge in [0.25, 0.3) is 5.91 Å². The minimum absolute atomic E-state index is 0.0502. The van der Waals surface area contributed by atoms with Crippen molar-refractivity contribution < 1.29 is 27.5 Å². The maximum absolute atomic E-state index is 13.8. The molecule has 0 aliphatic heterocycles. The van der Waals surface area contributed by atoms with E-state index in [0.29, 0.717) is 11.1 Å². The first-order valence-electron chi connectivity index (χ1n) is 10.3. The molecule has 1 heterocycles. The molecule has 2 N–H and O–H groups in total. The van der Waals surface area contributed by atoms with Gasteiger partial charge in [0, 0.05) is 43.8 Å². The Balaban J connectivity index is 1.81. The van der Waals surface area contributed by atoms with Crippen LogP contribution < -0.4 is 10.6 Å². The Morgan fingerprint density at radius 3 is 2.44 bits per heavy atom. The van der Waals surface area contributed by atoms with Crippen LogP contribution in [-0.4, -0.2) is 42.1 Å². The molecule has 0 spiro atoms. The highest BCUT2D eigenvalue weighted by Crippen LogP contribution is 2.37. The quantitative estimate of drug-likeness (QED) is 0.482. The predicted octanol–water partition coefficient (Wildman–Crippen LogP) is 5.03. The molecule has 1 aromatic heterocycles. The van der Waals surface area contributed by atoms with Crippen LogP contribution in [0.25, 0.3) is 0 Å². The van der Waals surface area contributed by atoms with Crippen molar-refractivity contribution in [3.63, 3.8) is 0 Å². The molecule has 0 atom stereocenters. The topological polar surface area (TPSA) is 83.6 Å². The number of pyridine rings is 1. The molecule has 3 aromatic rings. The first-order valence-corrected chi connectivity index (χ1v) is 10.3. The lowest BCUT2D eigenvalue weighted by molar-refractivity contribution is -0.136. The van der Waals surface area contributed by atoms with E-state index in [1.807, 2.05) is 0 Å². The van der Waals surface area contributed by atoms with Gasteiger partial charge in [-0.3, -0.25) is 9.78 Å². The maximum Gasteiger partial charge on any atom is 0.418 e. The van der Waals surface area contributed by atoms with Gasteiger partial charge < -0.3 is 20.3 Å². The molecule has 0 radical (unpaired) electrons. The smallest absolute Gasteiger partial charge is 0.383 e. The van der Waals surface area contributed by atoms with E-state index in [1.54, 1.807) is 54.9 Å². The molecule has 0 saturated heterocycles. The van der Waals surface area contributed by atoms with E-state index in [9.17, 15) is 22.8 Å². The van der Waals surface area contributed by atoms with E-state index < -0.39 is 29.4 Å². The van der Waals surface area contributed by atoms with E-state index in [-0.39, 0.29) is 25.4 Å². The maximum atomic E-state index is 13.8. The number of aromatic nitrogens is 1. The SMILES string of the molecule is COCCN(Cc1cccnc1)C(=O)Nc1ccc(NC(=O)c2ccccc2)cc1C(F)(F)F. The average molecular weight is 472 g/mol. The van der Waals surface area contributed by atoms with Crippen molar-refractivity contribution in [2.24, 2.45) is 0 Å². The summed E-state index contributed by atoms with van der Waals surface area (Å²) in [6, 6.07) is 14.0. The molecule has 7 nitrogen and oxygen atoms in total. The summed E-state index contributed by atoms with van der Waals surface area (Å²) in [5.74, 6) is -0.548. The number of amides is 3. The molecule has 3 amide bonds. The van der Waals surface area contributed by atoms with Gasteiger partial charge in [0.1, 0.15) is 0 Å². The number of nitrogens with zero attached hydrogens (tertiary/aromatic N) is 2. The number of anilines is 2. The van der Waals surface area contributed by atoms with Crippen LogP contribution in [0.5, 0.6) is 0 Å². The Hall–Kier alpha value is -3.92. The highest BCUT2D eigenvalue weighted by molar-refractivity contribution is 6.04. The van der Waals surface area contributed by atoms with Crippen LogP contribution in [-0.2, 0) is 17.5 Å². The minimum atomic E-state index is -4.77. The summed E-state index contributed by atoms with van der Waals surface area (Å²) in [5, 5.41) is 4.79. The van der Waals surface area contributed by atoms with Crippen molar-refractivity contribution in [1.82, 2.24) is 9.88 Å². The third kappa shape index (κ3) is 6.79. The largest absolute Gasteiger partial charge is 0.418 e. The molecule has 34 heavy (non-hydrogen) atoms. The van der Waals surface area contributed by atoms with Crippen molar-refractivity contribution in [1.29, 1.82) is 0 Å². The van der Waals surface area contributed by atoms with E-state index >= 15 is 0 Å². The van der Waals surface area contributed by atoms with Crippen LogP contribution in [0.4, 0.5) is 29.3 Å². The fourth-order valence-electron chi connectivity index (χ4n) is 3.12. The highest BCUT2D eigenvalue weighted by atomic mass is 19.4. The lowest BCUT2D eigenvalue weighted by Gasteiger charge is -2.24. The van der Waals surface area contributed by atoms with Crippen LogP contribution in [0.3, 0.4) is 0 Å². The number of hydrogen-bond acceptors (Lipinski definition) is 4. The summed E-state index contributed by atoms with van der Waals surface area (Å²) in [7, 11) is 1.46. The number of hydrogen-bond donors (Lipinski definition) is 2. The summed E-state index contributed by atoms with van der Waals surface area (Å²) < 4.78 is 46.4. The van der Waals surface area contributed by atoms with E-state index in [0.717, 1.165) is 12.1 Å². The van der Waals surface area contributed by atoms with Gasteiger partial charge in [0.05, 0.1) is 17.9 Å². The second-order valence-electron chi connectivity index (χ2n) is 7.28. The Bertz CT molecular complexity index is 1110. The fourth-order valence-corrected chi connectivity index (χ4v) is 3.12. The molecular formula is C24H23F3N4O3. The Morgan fingerprint density at radius 1 is 1.03 bits per heavy atom. The normalized spacial score (nSPS) is 11.1. The molecule has 2 aromatic carbocycles. The molecule has 0 unspecified atom stereocenters. The molecule has 0 saturated carbocycles. The van der Waals surface area contributed by atoms with Gasteiger partial charge in [-0.25, -0.2) is 4.79 Å². The van der Waals surface area contributed by atoms with Crippen molar-refractivity contribution in [2.45, 2.75) is 12.7 Å². The zero-order valence-corrected chi connectivity index (χ0v) is 18.3. The van der Waals surface area contributed by atoms with Crippen molar-refractivity contribution in [2.75, 3.05) is 30.9 Å². The molecule has 178 valence electrons. The Labute approximate surface area is 194 Å². The minimum Gasteiger partial charge on any atom is -0.383 e. The van der Waals surface area contributed by atoms with Crippen LogP contribution in [0, 0.1) is 0 Å². The van der Waals surface area contributed by atoms with Crippen molar-refractivity contribution in [3.8, 4) is 0 Å². The lowest BCUT2D eigenvalue weighted by atomic mass is 10.1. The van der Waals surface area contributed by atoms with E-state index in [1.165, 1.54) is 18.1 Å². The zero-order valence-electron chi connectivity index (χ0n) is 18.3. The predicted molar refractivity (Wildman–Crippen MR) is 121 cm³/mol. The summed E-state index contributed by atoms with van der Waals surface area (Å²) in [6.45, 7) is 0.490. The number of nitrogens with one attached hydrogen (secondary N) is 2. The molecule has 0 bridgehead atoms. The van der Waals surface area contributed by atoms with E-state index in [2.05, 4.69) is 15.6 Å². The molecule has 0 aliphatic carbocycles. The van der Waals surface area contributed by atoms with Crippen molar-refractivity contribution in [3.05, 3.63) is 89.7 Å². The first kappa shape index (κ1) is 24.7. The summed E-state index contributed by atoms with van der Waals surface area (Å²) >= 11 is 0. The number of halogens is 3. The number of benzene rings is 2. The third-order valence-corrected chi connectivity index (χ3v) is 4.81. The standard InChI is InChI=1S/C24H23F3N4O3/c1-34-13-12-31(16-17-6-5-11-28-15-17)23(33)30-21-10-9-19(14-20(21)24(25,26)27)29-22(32)18-7-3-2-4-8-18/h2-11,14-15H,12-13,16H2,1H3,(H,29,32)(H,30,33).